The summed E-state index contributed by atoms with van der Waals surface area (Å²) in [4.78, 5) is 0. The molecule has 0 amide bonds. The first-order chi connectivity index (χ1) is 8.81. The Labute approximate surface area is 114 Å². The van der Waals surface area contributed by atoms with Gasteiger partial charge >= 0.3 is 0 Å². The van der Waals surface area contributed by atoms with Gasteiger partial charge in [-0.3, -0.25) is 0 Å². The van der Waals surface area contributed by atoms with Crippen LogP contribution in [0.1, 0.15) is 78.1 Å². The molecule has 0 radical (unpaired) electrons. The van der Waals surface area contributed by atoms with Crippen molar-refractivity contribution in [2.75, 3.05) is 0 Å². The second-order valence-corrected chi connectivity index (χ2v) is 7.64. The van der Waals surface area contributed by atoms with Gasteiger partial charge in [0.2, 0.25) is 0 Å². The Morgan fingerprint density at radius 2 is 1.61 bits per heavy atom. The Hall–Kier alpha value is 0. The molecule has 18 heavy (non-hydrogen) atoms. The molecular weight excluding hydrogens is 216 g/mol. The van der Waals surface area contributed by atoms with Crippen molar-refractivity contribution in [1.82, 2.24) is 0 Å². The zero-order chi connectivity index (χ0) is 12.5. The summed E-state index contributed by atoms with van der Waals surface area (Å²) in [5.41, 5.74) is 0. The average molecular weight is 248 g/mol. The second kappa shape index (κ2) is 5.55. The monoisotopic (exact) mass is 248 g/mol. The summed E-state index contributed by atoms with van der Waals surface area (Å²) in [5, 5.41) is 0. The van der Waals surface area contributed by atoms with Crippen LogP contribution in [0.3, 0.4) is 0 Å². The fourth-order valence-electron chi connectivity index (χ4n) is 6.07. The first-order valence-corrected chi connectivity index (χ1v) is 8.81. The van der Waals surface area contributed by atoms with Crippen LogP contribution in [0.5, 0.6) is 0 Å². The minimum Gasteiger partial charge on any atom is -0.0654 e. The van der Waals surface area contributed by atoms with E-state index in [1.54, 1.807) is 38.5 Å². The molecule has 104 valence electrons. The molecule has 0 heteroatoms. The Morgan fingerprint density at radius 3 is 2.33 bits per heavy atom. The lowest BCUT2D eigenvalue weighted by molar-refractivity contribution is 0.0167. The maximum Gasteiger partial charge on any atom is -0.0324 e. The summed E-state index contributed by atoms with van der Waals surface area (Å²) in [6.07, 6.45) is 15.4. The molecule has 3 aliphatic rings. The van der Waals surface area contributed by atoms with E-state index in [0.717, 1.165) is 35.5 Å². The lowest BCUT2D eigenvalue weighted by atomic mass is 9.58. The van der Waals surface area contributed by atoms with Crippen LogP contribution in [-0.2, 0) is 0 Å². The third-order valence-electron chi connectivity index (χ3n) is 6.68. The van der Waals surface area contributed by atoms with Gasteiger partial charge in [-0.25, -0.2) is 0 Å². The number of rotatable bonds is 3. The minimum absolute atomic E-state index is 1.02. The first kappa shape index (κ1) is 13.0. The molecule has 0 heterocycles. The molecule has 5 atom stereocenters. The molecule has 3 aliphatic carbocycles. The zero-order valence-electron chi connectivity index (χ0n) is 12.5. The zero-order valence-corrected chi connectivity index (χ0v) is 12.5. The van der Waals surface area contributed by atoms with Gasteiger partial charge in [-0.2, -0.15) is 0 Å². The standard InChI is InChI=1S/C18H32/c1-3-7-16-13(2)12-15-10-6-11-17(15)18(16)14-8-4-5-9-14/h13-18H,3-12H2,1-2H3. The van der Waals surface area contributed by atoms with E-state index in [2.05, 4.69) is 13.8 Å². The Morgan fingerprint density at radius 1 is 0.889 bits per heavy atom. The SMILES string of the molecule is CCCC1C(C)CC2CCCC2C1C1CCCC1. The van der Waals surface area contributed by atoms with Crippen molar-refractivity contribution in [2.24, 2.45) is 35.5 Å². The van der Waals surface area contributed by atoms with Crippen molar-refractivity contribution in [2.45, 2.75) is 78.1 Å². The van der Waals surface area contributed by atoms with Gasteiger partial charge in [-0.05, 0) is 48.3 Å². The quantitative estimate of drug-likeness (QED) is 0.604. The molecular formula is C18H32. The third kappa shape index (κ3) is 2.25. The van der Waals surface area contributed by atoms with E-state index < -0.39 is 0 Å². The summed E-state index contributed by atoms with van der Waals surface area (Å²) < 4.78 is 0. The third-order valence-corrected chi connectivity index (χ3v) is 6.68. The summed E-state index contributed by atoms with van der Waals surface area (Å²) in [7, 11) is 0. The van der Waals surface area contributed by atoms with Crippen molar-refractivity contribution < 1.29 is 0 Å². The molecule has 3 saturated carbocycles. The molecule has 0 bridgehead atoms. The smallest absolute Gasteiger partial charge is 0.0324 e. The molecule has 0 N–H and O–H groups in total. The highest BCUT2D eigenvalue weighted by Crippen LogP contribution is 2.56. The predicted octanol–water partition coefficient (Wildman–Crippen LogP) is 5.67. The van der Waals surface area contributed by atoms with Crippen LogP contribution in [0.15, 0.2) is 0 Å². The first-order valence-electron chi connectivity index (χ1n) is 8.81. The van der Waals surface area contributed by atoms with E-state index in [9.17, 15) is 0 Å². The van der Waals surface area contributed by atoms with E-state index >= 15 is 0 Å². The van der Waals surface area contributed by atoms with Crippen molar-refractivity contribution in [3.8, 4) is 0 Å². The van der Waals surface area contributed by atoms with Crippen LogP contribution in [-0.4, -0.2) is 0 Å². The van der Waals surface area contributed by atoms with E-state index in [1.165, 1.54) is 25.7 Å². The Balaban J connectivity index is 1.81. The lowest BCUT2D eigenvalue weighted by Crippen LogP contribution is -2.40. The van der Waals surface area contributed by atoms with Crippen LogP contribution in [0, 0.1) is 35.5 Å². The van der Waals surface area contributed by atoms with Gasteiger partial charge in [-0.15, -0.1) is 0 Å². The molecule has 0 saturated heterocycles. The van der Waals surface area contributed by atoms with Gasteiger partial charge in [0.15, 0.2) is 0 Å². The fourth-order valence-corrected chi connectivity index (χ4v) is 6.07. The summed E-state index contributed by atoms with van der Waals surface area (Å²) >= 11 is 0. The van der Waals surface area contributed by atoms with Gasteiger partial charge in [-0.1, -0.05) is 65.2 Å². The normalized spacial score (nSPS) is 45.3. The second-order valence-electron chi connectivity index (χ2n) is 7.64. The topological polar surface area (TPSA) is 0 Å². The van der Waals surface area contributed by atoms with Crippen LogP contribution in [0.2, 0.25) is 0 Å². The average Bonchev–Trinajstić information content (AvgIpc) is 3.00. The van der Waals surface area contributed by atoms with Gasteiger partial charge in [0.05, 0.1) is 0 Å². The molecule has 0 spiro atoms. The summed E-state index contributed by atoms with van der Waals surface area (Å²) in [5.74, 6) is 6.62. The Kier molecular flexibility index (Phi) is 4.01. The lowest BCUT2D eigenvalue weighted by Gasteiger charge is -2.47. The minimum atomic E-state index is 1.02. The van der Waals surface area contributed by atoms with Gasteiger partial charge in [0.1, 0.15) is 0 Å². The van der Waals surface area contributed by atoms with Crippen LogP contribution in [0.25, 0.3) is 0 Å². The van der Waals surface area contributed by atoms with E-state index in [-0.39, 0.29) is 0 Å². The molecule has 0 aliphatic heterocycles. The molecule has 0 nitrogen and oxygen atoms in total. The summed E-state index contributed by atoms with van der Waals surface area (Å²) in [6, 6.07) is 0. The van der Waals surface area contributed by atoms with Crippen molar-refractivity contribution in [3.63, 3.8) is 0 Å². The number of hydrogen-bond donors (Lipinski definition) is 0. The van der Waals surface area contributed by atoms with Crippen LogP contribution in [0.4, 0.5) is 0 Å². The number of fused-ring (bicyclic) bond motifs is 1. The molecule has 0 aromatic carbocycles. The van der Waals surface area contributed by atoms with Gasteiger partial charge in [0.25, 0.3) is 0 Å². The van der Waals surface area contributed by atoms with E-state index in [1.807, 2.05) is 0 Å². The maximum absolute atomic E-state index is 2.58. The van der Waals surface area contributed by atoms with Crippen molar-refractivity contribution in [1.29, 1.82) is 0 Å². The van der Waals surface area contributed by atoms with Crippen LogP contribution >= 0.6 is 0 Å². The van der Waals surface area contributed by atoms with Crippen molar-refractivity contribution in [3.05, 3.63) is 0 Å². The highest BCUT2D eigenvalue weighted by molar-refractivity contribution is 4.96. The van der Waals surface area contributed by atoms with Crippen molar-refractivity contribution >= 4 is 0 Å². The maximum atomic E-state index is 2.58. The molecule has 5 unspecified atom stereocenters. The number of hydrogen-bond acceptors (Lipinski definition) is 0. The molecule has 0 aromatic heterocycles. The highest BCUT2D eigenvalue weighted by Gasteiger charge is 2.47. The Bertz CT molecular complexity index is 263. The predicted molar refractivity (Wildman–Crippen MR) is 78.5 cm³/mol. The van der Waals surface area contributed by atoms with E-state index in [0.29, 0.717) is 0 Å². The molecule has 0 aromatic rings. The largest absolute Gasteiger partial charge is 0.0654 e. The van der Waals surface area contributed by atoms with Gasteiger partial charge < -0.3 is 0 Å². The van der Waals surface area contributed by atoms with Gasteiger partial charge in [0, 0.05) is 0 Å². The highest BCUT2D eigenvalue weighted by atomic mass is 14.5. The van der Waals surface area contributed by atoms with E-state index in [4.69, 9.17) is 0 Å². The summed E-state index contributed by atoms with van der Waals surface area (Å²) in [6.45, 7) is 4.98. The van der Waals surface area contributed by atoms with Crippen LogP contribution < -0.4 is 0 Å². The molecule has 3 fully saturated rings. The molecule has 3 rings (SSSR count). The fraction of sp³-hybridized carbons (Fsp3) is 1.00.